The molecule has 1 atom stereocenters. The molecule has 2 aromatic rings. The van der Waals surface area contributed by atoms with Crippen LogP contribution in [-0.2, 0) is 16.0 Å². The molecule has 0 aliphatic carbocycles. The highest BCUT2D eigenvalue weighted by molar-refractivity contribution is 6.23. The summed E-state index contributed by atoms with van der Waals surface area (Å²) in [7, 11) is 0. The Morgan fingerprint density at radius 3 is 2.71 bits per heavy atom. The van der Waals surface area contributed by atoms with Gasteiger partial charge in [0.15, 0.2) is 0 Å². The Morgan fingerprint density at radius 2 is 2.00 bits per heavy atom. The molecule has 6 heteroatoms. The molecule has 4 rings (SSSR count). The summed E-state index contributed by atoms with van der Waals surface area (Å²) in [5.74, 6) is -1.04. The number of aliphatic imine (C=N–C) groups is 1. The minimum atomic E-state index is -0.745. The Bertz CT molecular complexity index is 889. The third-order valence-corrected chi connectivity index (χ3v) is 4.29. The molecule has 2 aliphatic heterocycles. The Hall–Kier alpha value is -3.15. The molecule has 2 aromatic carbocycles. The van der Waals surface area contributed by atoms with Gasteiger partial charge in [-0.3, -0.25) is 19.5 Å². The molecule has 2 aliphatic rings. The van der Waals surface area contributed by atoms with E-state index in [1.54, 1.807) is 12.1 Å². The van der Waals surface area contributed by atoms with E-state index in [9.17, 15) is 9.59 Å². The van der Waals surface area contributed by atoms with Crippen molar-refractivity contribution >= 4 is 28.9 Å². The lowest BCUT2D eigenvalue weighted by Crippen LogP contribution is -2.46. The molecule has 0 spiro atoms. The fourth-order valence-corrected chi connectivity index (χ4v) is 3.30. The molecule has 0 aromatic heterocycles. The molecule has 4 N–H and O–H groups in total. The number of carbonyl (C=O) groups is 2. The zero-order chi connectivity index (χ0) is 16.8. The Balaban J connectivity index is 1.97. The Kier molecular flexibility index (Phi) is 3.13. The number of nitrogens with two attached hydrogens (primary N) is 2. The van der Waals surface area contributed by atoms with Crippen molar-refractivity contribution in [3.8, 4) is 0 Å². The molecular formula is C18H14N4O2. The Labute approximate surface area is 138 Å². The maximum Gasteiger partial charge on any atom is 0.262 e. The summed E-state index contributed by atoms with van der Waals surface area (Å²) < 4.78 is 0. The van der Waals surface area contributed by atoms with Gasteiger partial charge in [0.25, 0.3) is 5.91 Å². The molecule has 0 unspecified atom stereocenters. The lowest BCUT2D eigenvalue weighted by atomic mass is 9.97. The van der Waals surface area contributed by atoms with E-state index in [1.807, 2.05) is 30.3 Å². The van der Waals surface area contributed by atoms with Crippen LogP contribution in [-0.4, -0.2) is 23.6 Å². The summed E-state index contributed by atoms with van der Waals surface area (Å²) in [6, 6.07) is 12.3. The number of anilines is 2. The molecule has 0 bridgehead atoms. The van der Waals surface area contributed by atoms with Gasteiger partial charge in [-0.2, -0.15) is 0 Å². The van der Waals surface area contributed by atoms with Crippen molar-refractivity contribution in [2.45, 2.75) is 12.5 Å². The summed E-state index contributed by atoms with van der Waals surface area (Å²) in [4.78, 5) is 29.9. The summed E-state index contributed by atoms with van der Waals surface area (Å²) in [6.45, 7) is 2.51. The van der Waals surface area contributed by atoms with E-state index in [4.69, 9.17) is 11.5 Å². The van der Waals surface area contributed by atoms with Crippen molar-refractivity contribution in [2.24, 2.45) is 10.7 Å². The summed E-state index contributed by atoms with van der Waals surface area (Å²) in [5, 5.41) is 0. The molecule has 0 saturated carbocycles. The SMILES string of the molecule is NC(=O)[C@@H]1Cc2cc(N)cc3c2N1C(=O)[C]N=C3c1ccccc1. The van der Waals surface area contributed by atoms with Crippen LogP contribution in [0.15, 0.2) is 47.5 Å². The van der Waals surface area contributed by atoms with E-state index in [0.29, 0.717) is 29.1 Å². The minimum Gasteiger partial charge on any atom is -0.399 e. The van der Waals surface area contributed by atoms with Gasteiger partial charge in [0, 0.05) is 23.2 Å². The van der Waals surface area contributed by atoms with Crippen LogP contribution in [0.1, 0.15) is 16.7 Å². The molecule has 2 heterocycles. The fraction of sp³-hybridized carbons (Fsp3) is 0.111. The van der Waals surface area contributed by atoms with Crippen LogP contribution in [0.3, 0.4) is 0 Å². The zero-order valence-electron chi connectivity index (χ0n) is 12.7. The number of hydrogen-bond donors (Lipinski definition) is 2. The highest BCUT2D eigenvalue weighted by Gasteiger charge is 2.41. The predicted octanol–water partition coefficient (Wildman–Crippen LogP) is 0.902. The highest BCUT2D eigenvalue weighted by atomic mass is 16.2. The quantitative estimate of drug-likeness (QED) is 0.804. The van der Waals surface area contributed by atoms with Crippen LogP contribution in [0.5, 0.6) is 0 Å². The van der Waals surface area contributed by atoms with Crippen molar-refractivity contribution in [1.82, 2.24) is 0 Å². The van der Waals surface area contributed by atoms with E-state index in [1.165, 1.54) is 4.90 Å². The number of primary amides is 1. The van der Waals surface area contributed by atoms with E-state index in [2.05, 4.69) is 11.5 Å². The first-order valence-electron chi connectivity index (χ1n) is 7.50. The second-order valence-electron chi connectivity index (χ2n) is 5.81. The third kappa shape index (κ3) is 2.07. The third-order valence-electron chi connectivity index (χ3n) is 4.29. The van der Waals surface area contributed by atoms with E-state index in [0.717, 1.165) is 11.1 Å². The van der Waals surface area contributed by atoms with E-state index in [-0.39, 0.29) is 0 Å². The van der Waals surface area contributed by atoms with Gasteiger partial charge in [0.05, 0.1) is 11.4 Å². The van der Waals surface area contributed by atoms with E-state index >= 15 is 0 Å². The van der Waals surface area contributed by atoms with Crippen LogP contribution in [0, 0.1) is 6.54 Å². The van der Waals surface area contributed by atoms with Gasteiger partial charge in [-0.05, 0) is 17.7 Å². The van der Waals surface area contributed by atoms with Crippen LogP contribution >= 0.6 is 0 Å². The zero-order valence-corrected chi connectivity index (χ0v) is 12.7. The number of nitrogens with zero attached hydrogens (tertiary/aromatic N) is 2. The van der Waals surface area contributed by atoms with Gasteiger partial charge in [-0.15, -0.1) is 0 Å². The second kappa shape index (κ2) is 5.19. The monoisotopic (exact) mass is 318 g/mol. The first kappa shape index (κ1) is 14.4. The lowest BCUT2D eigenvalue weighted by molar-refractivity contribution is -0.122. The molecule has 6 nitrogen and oxygen atoms in total. The second-order valence-corrected chi connectivity index (χ2v) is 5.81. The van der Waals surface area contributed by atoms with Gasteiger partial charge >= 0.3 is 0 Å². The average molecular weight is 318 g/mol. The number of nitrogen functional groups attached to an aromatic ring is 1. The van der Waals surface area contributed by atoms with Crippen LogP contribution in [0.25, 0.3) is 0 Å². The molecule has 24 heavy (non-hydrogen) atoms. The normalized spacial score (nSPS) is 18.8. The largest absolute Gasteiger partial charge is 0.399 e. The molecule has 2 radical (unpaired) electrons. The topological polar surface area (TPSA) is 102 Å². The molecule has 2 amide bonds. The van der Waals surface area contributed by atoms with Crippen molar-refractivity contribution < 1.29 is 9.59 Å². The number of amides is 2. The molecular weight excluding hydrogens is 304 g/mol. The van der Waals surface area contributed by atoms with E-state index < -0.39 is 17.9 Å². The summed E-state index contributed by atoms with van der Waals surface area (Å²) in [5.41, 5.74) is 15.7. The fourth-order valence-electron chi connectivity index (χ4n) is 3.30. The lowest BCUT2D eigenvalue weighted by Gasteiger charge is -2.22. The van der Waals surface area contributed by atoms with Gasteiger partial charge in [0.1, 0.15) is 6.04 Å². The molecule has 0 saturated heterocycles. The number of carbonyl (C=O) groups excluding carboxylic acids is 2. The predicted molar refractivity (Wildman–Crippen MR) is 90.4 cm³/mol. The first-order valence-corrected chi connectivity index (χ1v) is 7.50. The van der Waals surface area contributed by atoms with Gasteiger partial charge < -0.3 is 11.5 Å². The standard InChI is InChI=1S/C18H14N4O2/c19-12-6-11-7-14(18(20)24)22-15(23)9-21-16(13(8-12)17(11)22)10-4-2-1-3-5-10/h1-6,8,14H,7,19H2,(H2,20,24)/t14-/m0/s1. The Morgan fingerprint density at radius 1 is 1.25 bits per heavy atom. The number of hydrogen-bond acceptors (Lipinski definition) is 4. The number of benzene rings is 2. The van der Waals surface area contributed by atoms with Crippen molar-refractivity contribution in [2.75, 3.05) is 10.6 Å². The van der Waals surface area contributed by atoms with Crippen molar-refractivity contribution in [3.63, 3.8) is 0 Å². The summed E-state index contributed by atoms with van der Waals surface area (Å²) >= 11 is 0. The smallest absolute Gasteiger partial charge is 0.262 e. The number of rotatable bonds is 2. The van der Waals surface area contributed by atoms with Crippen LogP contribution in [0.2, 0.25) is 0 Å². The van der Waals surface area contributed by atoms with Crippen molar-refractivity contribution in [1.29, 1.82) is 0 Å². The maximum atomic E-state index is 12.5. The van der Waals surface area contributed by atoms with Gasteiger partial charge in [-0.25, -0.2) is 0 Å². The van der Waals surface area contributed by atoms with Crippen LogP contribution < -0.4 is 16.4 Å². The molecule has 0 fully saturated rings. The summed E-state index contributed by atoms with van der Waals surface area (Å²) in [6.07, 6.45) is 0.345. The van der Waals surface area contributed by atoms with Gasteiger partial charge in [-0.1, -0.05) is 30.3 Å². The molecule has 118 valence electrons. The first-order chi connectivity index (χ1) is 11.6. The minimum absolute atomic E-state index is 0.345. The maximum absolute atomic E-state index is 12.5. The van der Waals surface area contributed by atoms with Crippen molar-refractivity contribution in [3.05, 3.63) is 65.7 Å². The average Bonchev–Trinajstić information content (AvgIpc) is 2.88. The van der Waals surface area contributed by atoms with Gasteiger partial charge in [0.2, 0.25) is 12.5 Å². The highest BCUT2D eigenvalue weighted by Crippen LogP contribution is 2.40. The van der Waals surface area contributed by atoms with Crippen LogP contribution in [0.4, 0.5) is 11.4 Å².